The van der Waals surface area contributed by atoms with E-state index in [1.807, 2.05) is 20.8 Å². The van der Waals surface area contributed by atoms with Crippen LogP contribution in [0, 0.1) is 5.82 Å². The minimum atomic E-state index is -4.21. The Morgan fingerprint density at radius 3 is 2.13 bits per heavy atom. The van der Waals surface area contributed by atoms with Crippen molar-refractivity contribution in [1.82, 2.24) is 10.2 Å². The van der Waals surface area contributed by atoms with E-state index < -0.39 is 45.8 Å². The minimum Gasteiger partial charge on any atom is -0.495 e. The number of hydrogen-bond donors (Lipinski definition) is 1. The molecule has 0 unspecified atom stereocenters. The Kier molecular flexibility index (Phi) is 9.34. The van der Waals surface area contributed by atoms with Gasteiger partial charge in [0.1, 0.15) is 24.2 Å². The fourth-order valence-corrected chi connectivity index (χ4v) is 5.36. The summed E-state index contributed by atoms with van der Waals surface area (Å²) in [6.45, 7) is 6.38. The largest absolute Gasteiger partial charge is 0.495 e. The van der Waals surface area contributed by atoms with Crippen molar-refractivity contribution in [3.8, 4) is 5.75 Å². The number of methoxy groups -OCH3 is 1. The summed E-state index contributed by atoms with van der Waals surface area (Å²) in [7, 11) is -2.80. The Hall–Kier alpha value is -3.92. The number of ether oxygens (including phenoxy) is 1. The number of nitrogens with one attached hydrogen (secondary N) is 1. The molecular weight excluding hydrogens is 521 g/mol. The molecule has 39 heavy (non-hydrogen) atoms. The zero-order valence-electron chi connectivity index (χ0n) is 22.7. The fourth-order valence-electron chi connectivity index (χ4n) is 3.91. The van der Waals surface area contributed by atoms with E-state index in [0.717, 1.165) is 4.31 Å². The van der Waals surface area contributed by atoms with Crippen LogP contribution in [-0.2, 0) is 26.2 Å². The number of para-hydroxylation sites is 2. The SMILES string of the molecule is COc1ccccc1N(CC(=O)N(Cc1ccc(F)cc1)[C@H](C)C(=O)NC(C)(C)C)S(=O)(=O)c1ccccc1. The Bertz CT molecular complexity index is 1390. The van der Waals surface area contributed by atoms with Crippen LogP contribution >= 0.6 is 0 Å². The molecule has 10 heteroatoms. The number of carbonyl (C=O) groups is 2. The molecule has 2 amide bonds. The Balaban J connectivity index is 2.06. The van der Waals surface area contributed by atoms with Crippen molar-refractivity contribution in [1.29, 1.82) is 0 Å². The summed E-state index contributed by atoms with van der Waals surface area (Å²) >= 11 is 0. The van der Waals surface area contributed by atoms with Crippen LogP contribution in [0.3, 0.4) is 0 Å². The molecule has 0 aromatic heterocycles. The molecule has 3 rings (SSSR count). The first kappa shape index (κ1) is 29.6. The van der Waals surface area contributed by atoms with Crippen LogP contribution in [0.4, 0.5) is 10.1 Å². The molecule has 0 radical (unpaired) electrons. The molecule has 0 spiro atoms. The van der Waals surface area contributed by atoms with Gasteiger partial charge in [-0.2, -0.15) is 0 Å². The number of nitrogens with zero attached hydrogens (tertiary/aromatic N) is 2. The second-order valence-corrected chi connectivity index (χ2v) is 11.9. The zero-order chi connectivity index (χ0) is 28.8. The van der Waals surface area contributed by atoms with E-state index in [1.165, 1.54) is 48.4 Å². The van der Waals surface area contributed by atoms with Gasteiger partial charge in [0.2, 0.25) is 11.8 Å². The number of anilines is 1. The van der Waals surface area contributed by atoms with Gasteiger partial charge in [-0.15, -0.1) is 0 Å². The average Bonchev–Trinajstić information content (AvgIpc) is 2.90. The molecule has 0 saturated carbocycles. The van der Waals surface area contributed by atoms with Gasteiger partial charge in [-0.3, -0.25) is 13.9 Å². The summed E-state index contributed by atoms with van der Waals surface area (Å²) in [4.78, 5) is 28.3. The first-order valence-corrected chi connectivity index (χ1v) is 13.8. The molecule has 3 aromatic rings. The second-order valence-electron chi connectivity index (χ2n) is 10.1. The van der Waals surface area contributed by atoms with Gasteiger partial charge < -0.3 is 15.0 Å². The highest BCUT2D eigenvalue weighted by atomic mass is 32.2. The summed E-state index contributed by atoms with van der Waals surface area (Å²) in [6.07, 6.45) is 0. The molecule has 0 saturated heterocycles. The maximum absolute atomic E-state index is 13.9. The molecule has 0 fully saturated rings. The monoisotopic (exact) mass is 555 g/mol. The lowest BCUT2D eigenvalue weighted by Gasteiger charge is -2.33. The molecule has 0 bridgehead atoms. The highest BCUT2D eigenvalue weighted by Gasteiger charge is 2.34. The molecule has 0 heterocycles. The number of rotatable bonds is 10. The second kappa shape index (κ2) is 12.3. The maximum Gasteiger partial charge on any atom is 0.264 e. The third kappa shape index (κ3) is 7.57. The van der Waals surface area contributed by atoms with Gasteiger partial charge in [-0.25, -0.2) is 12.8 Å². The van der Waals surface area contributed by atoms with Gasteiger partial charge >= 0.3 is 0 Å². The topological polar surface area (TPSA) is 96.0 Å². The lowest BCUT2D eigenvalue weighted by molar-refractivity contribution is -0.140. The molecule has 1 atom stereocenters. The van der Waals surface area contributed by atoms with Crippen molar-refractivity contribution in [2.75, 3.05) is 18.0 Å². The van der Waals surface area contributed by atoms with Gasteiger partial charge in [-0.05, 0) is 69.7 Å². The maximum atomic E-state index is 13.9. The van der Waals surface area contributed by atoms with Crippen molar-refractivity contribution in [2.24, 2.45) is 0 Å². The summed E-state index contributed by atoms with van der Waals surface area (Å²) in [5.41, 5.74) is 0.191. The smallest absolute Gasteiger partial charge is 0.264 e. The summed E-state index contributed by atoms with van der Waals surface area (Å²) in [6, 6.07) is 18.8. The predicted molar refractivity (Wildman–Crippen MR) is 148 cm³/mol. The van der Waals surface area contributed by atoms with E-state index >= 15 is 0 Å². The van der Waals surface area contributed by atoms with Crippen LogP contribution in [-0.4, -0.2) is 50.4 Å². The average molecular weight is 556 g/mol. The predicted octanol–water partition coefficient (Wildman–Crippen LogP) is 4.36. The summed E-state index contributed by atoms with van der Waals surface area (Å²) in [5.74, 6) is -1.21. The Morgan fingerprint density at radius 1 is 0.949 bits per heavy atom. The lowest BCUT2D eigenvalue weighted by Crippen LogP contribution is -2.54. The standard InChI is InChI=1S/C29H34FN3O5S/c1-21(28(35)31-29(2,3)4)32(19-22-15-17-23(30)18-16-22)27(34)20-33(25-13-9-10-14-26(25)38-5)39(36,37)24-11-7-6-8-12-24/h6-18,21H,19-20H2,1-5H3,(H,31,35)/t21-/m1/s1. The first-order valence-electron chi connectivity index (χ1n) is 12.4. The van der Waals surface area contributed by atoms with Crippen molar-refractivity contribution in [3.63, 3.8) is 0 Å². The quantitative estimate of drug-likeness (QED) is 0.401. The molecular formula is C29H34FN3O5S. The Labute approximate surface area is 229 Å². The van der Waals surface area contributed by atoms with E-state index in [2.05, 4.69) is 5.32 Å². The molecule has 8 nitrogen and oxygen atoms in total. The number of carbonyl (C=O) groups excluding carboxylic acids is 2. The van der Waals surface area contributed by atoms with Gasteiger partial charge in [-0.1, -0.05) is 42.5 Å². The van der Waals surface area contributed by atoms with E-state index in [4.69, 9.17) is 4.74 Å². The van der Waals surface area contributed by atoms with E-state index in [0.29, 0.717) is 5.56 Å². The zero-order valence-corrected chi connectivity index (χ0v) is 23.5. The van der Waals surface area contributed by atoms with Gasteiger partial charge in [0.15, 0.2) is 0 Å². The highest BCUT2D eigenvalue weighted by molar-refractivity contribution is 7.92. The molecule has 0 aliphatic heterocycles. The number of halogens is 1. The fraction of sp³-hybridized carbons (Fsp3) is 0.310. The van der Waals surface area contributed by atoms with Gasteiger partial charge in [0, 0.05) is 12.1 Å². The first-order chi connectivity index (χ1) is 18.3. The third-order valence-corrected chi connectivity index (χ3v) is 7.67. The van der Waals surface area contributed by atoms with Crippen molar-refractivity contribution in [2.45, 2.75) is 50.7 Å². The molecule has 0 aliphatic carbocycles. The van der Waals surface area contributed by atoms with Crippen molar-refractivity contribution >= 4 is 27.5 Å². The summed E-state index contributed by atoms with van der Waals surface area (Å²) < 4.78 is 47.6. The van der Waals surface area contributed by atoms with Crippen LogP contribution < -0.4 is 14.4 Å². The lowest BCUT2D eigenvalue weighted by atomic mass is 10.1. The van der Waals surface area contributed by atoms with E-state index in [1.54, 1.807) is 49.4 Å². The van der Waals surface area contributed by atoms with Crippen molar-refractivity contribution < 1.29 is 27.1 Å². The molecule has 0 aliphatic rings. The Morgan fingerprint density at radius 2 is 1.54 bits per heavy atom. The van der Waals surface area contributed by atoms with Crippen LogP contribution in [0.2, 0.25) is 0 Å². The van der Waals surface area contributed by atoms with E-state index in [9.17, 15) is 22.4 Å². The highest BCUT2D eigenvalue weighted by Crippen LogP contribution is 2.32. The van der Waals surface area contributed by atoms with Crippen LogP contribution in [0.15, 0.2) is 83.8 Å². The normalized spacial score (nSPS) is 12.4. The number of amides is 2. The number of sulfonamides is 1. The van der Waals surface area contributed by atoms with Crippen LogP contribution in [0.5, 0.6) is 5.75 Å². The van der Waals surface area contributed by atoms with Crippen LogP contribution in [0.1, 0.15) is 33.3 Å². The number of benzene rings is 3. The van der Waals surface area contributed by atoms with Crippen LogP contribution in [0.25, 0.3) is 0 Å². The van der Waals surface area contributed by atoms with Crippen molar-refractivity contribution in [3.05, 3.63) is 90.2 Å². The molecule has 3 aromatic carbocycles. The van der Waals surface area contributed by atoms with Gasteiger partial charge in [0.25, 0.3) is 10.0 Å². The number of hydrogen-bond acceptors (Lipinski definition) is 5. The molecule has 1 N–H and O–H groups in total. The van der Waals surface area contributed by atoms with Gasteiger partial charge in [0.05, 0.1) is 17.7 Å². The third-order valence-electron chi connectivity index (χ3n) is 5.90. The van der Waals surface area contributed by atoms with E-state index in [-0.39, 0.29) is 22.9 Å². The summed E-state index contributed by atoms with van der Waals surface area (Å²) in [5, 5.41) is 2.86. The minimum absolute atomic E-state index is 0.00712. The molecule has 208 valence electrons.